The Bertz CT molecular complexity index is 1220. The van der Waals surface area contributed by atoms with Gasteiger partial charge in [-0.3, -0.25) is 4.18 Å². The lowest BCUT2D eigenvalue weighted by Gasteiger charge is -2.13. The summed E-state index contributed by atoms with van der Waals surface area (Å²) in [7, 11) is -3.61. The summed E-state index contributed by atoms with van der Waals surface area (Å²) in [5.41, 5.74) is 3.71. The summed E-state index contributed by atoms with van der Waals surface area (Å²) in [6, 6.07) is 17.3. The fourth-order valence-corrected chi connectivity index (χ4v) is 3.77. The zero-order chi connectivity index (χ0) is 18.3. The smallest absolute Gasteiger partial charge is 0.264 e. The van der Waals surface area contributed by atoms with Gasteiger partial charge in [0, 0.05) is 27.4 Å². The fraction of sp³-hybridized carbons (Fsp3) is 0.105. The molecule has 7 heteroatoms. The zero-order valence-electron chi connectivity index (χ0n) is 13.9. The molecule has 0 radical (unpaired) electrons. The third kappa shape index (κ3) is 3.07. The topological polar surface area (TPSA) is 72.1 Å². The maximum absolute atomic E-state index is 11.6. The minimum Gasteiger partial charge on any atom is -0.339 e. The van der Waals surface area contributed by atoms with Crippen LogP contribution in [0.15, 0.2) is 54.6 Å². The molecular weight excluding hydrogens is 372 g/mol. The third-order valence-corrected chi connectivity index (χ3v) is 5.01. The van der Waals surface area contributed by atoms with E-state index in [-0.39, 0.29) is 6.61 Å². The highest BCUT2D eigenvalue weighted by atomic mass is 35.5. The number of rotatable bonds is 4. The third-order valence-electron chi connectivity index (χ3n) is 4.19. The average Bonchev–Trinajstić information content (AvgIpc) is 2.97. The summed E-state index contributed by atoms with van der Waals surface area (Å²) in [4.78, 5) is 7.73. The van der Waals surface area contributed by atoms with Gasteiger partial charge in [0.25, 0.3) is 10.1 Å². The van der Waals surface area contributed by atoms with Crippen LogP contribution < -0.4 is 0 Å². The van der Waals surface area contributed by atoms with Crippen molar-refractivity contribution in [3.05, 3.63) is 65.3 Å². The second-order valence-corrected chi connectivity index (χ2v) is 7.98. The Morgan fingerprint density at radius 2 is 1.77 bits per heavy atom. The Morgan fingerprint density at radius 3 is 2.50 bits per heavy atom. The van der Waals surface area contributed by atoms with Gasteiger partial charge < -0.3 is 4.98 Å². The van der Waals surface area contributed by atoms with Gasteiger partial charge in [-0.05, 0) is 11.6 Å². The van der Waals surface area contributed by atoms with Gasteiger partial charge in [0.15, 0.2) is 0 Å². The maximum Gasteiger partial charge on any atom is 0.264 e. The number of nitrogens with zero attached hydrogens (tertiary/aromatic N) is 1. The largest absolute Gasteiger partial charge is 0.339 e. The number of hydrogen-bond donors (Lipinski definition) is 1. The van der Waals surface area contributed by atoms with Crippen LogP contribution in [0.5, 0.6) is 0 Å². The lowest BCUT2D eigenvalue weighted by atomic mass is 9.98. The molecule has 0 amide bonds. The molecule has 0 saturated heterocycles. The first kappa shape index (κ1) is 17.0. The molecule has 2 heterocycles. The fourth-order valence-electron chi connectivity index (χ4n) is 3.13. The van der Waals surface area contributed by atoms with E-state index in [1.54, 1.807) is 0 Å². The first-order valence-electron chi connectivity index (χ1n) is 7.92. The molecule has 0 aliphatic heterocycles. The molecule has 5 nitrogen and oxygen atoms in total. The monoisotopic (exact) mass is 386 g/mol. The molecule has 0 spiro atoms. The average molecular weight is 387 g/mol. The molecular formula is C19H15ClN2O3S. The number of hydrogen-bond acceptors (Lipinski definition) is 4. The molecule has 0 unspecified atom stereocenters. The van der Waals surface area contributed by atoms with Gasteiger partial charge >= 0.3 is 0 Å². The van der Waals surface area contributed by atoms with Gasteiger partial charge in [0.1, 0.15) is 10.8 Å². The van der Waals surface area contributed by atoms with E-state index in [0.29, 0.717) is 21.9 Å². The molecule has 132 valence electrons. The van der Waals surface area contributed by atoms with E-state index >= 15 is 0 Å². The van der Waals surface area contributed by atoms with Crippen molar-refractivity contribution in [2.45, 2.75) is 6.61 Å². The van der Waals surface area contributed by atoms with Gasteiger partial charge in [-0.2, -0.15) is 8.42 Å². The number of para-hydroxylation sites is 1. The molecule has 2 aromatic carbocycles. The van der Waals surface area contributed by atoms with Gasteiger partial charge in [-0.15, -0.1) is 0 Å². The maximum atomic E-state index is 11.6. The zero-order valence-corrected chi connectivity index (χ0v) is 15.4. The number of pyridine rings is 1. The molecule has 4 aromatic rings. The van der Waals surface area contributed by atoms with Gasteiger partial charge in [-0.25, -0.2) is 4.98 Å². The van der Waals surface area contributed by atoms with E-state index in [1.165, 1.54) is 0 Å². The predicted octanol–water partition coefficient (Wildman–Crippen LogP) is 4.51. The molecule has 0 saturated carbocycles. The summed E-state index contributed by atoms with van der Waals surface area (Å²) in [6.45, 7) is -0.121. The number of aromatic nitrogens is 2. The van der Waals surface area contributed by atoms with Crippen molar-refractivity contribution in [3.63, 3.8) is 0 Å². The molecule has 0 aliphatic rings. The summed E-state index contributed by atoms with van der Waals surface area (Å²) < 4.78 is 28.3. The van der Waals surface area contributed by atoms with E-state index in [9.17, 15) is 8.42 Å². The number of nitrogens with one attached hydrogen (secondary N) is 1. The highest BCUT2D eigenvalue weighted by molar-refractivity contribution is 7.85. The van der Waals surface area contributed by atoms with Crippen LogP contribution >= 0.6 is 11.6 Å². The second-order valence-electron chi connectivity index (χ2n) is 5.98. The molecule has 4 rings (SSSR count). The van der Waals surface area contributed by atoms with Crippen molar-refractivity contribution < 1.29 is 12.6 Å². The molecule has 1 N–H and O–H groups in total. The second kappa shape index (κ2) is 6.39. The molecule has 0 fully saturated rings. The van der Waals surface area contributed by atoms with E-state index in [2.05, 4.69) is 9.97 Å². The van der Waals surface area contributed by atoms with E-state index < -0.39 is 10.1 Å². The van der Waals surface area contributed by atoms with E-state index in [1.807, 2.05) is 54.6 Å². The van der Waals surface area contributed by atoms with Gasteiger partial charge in [0.05, 0.1) is 12.9 Å². The van der Waals surface area contributed by atoms with Crippen LogP contribution in [-0.4, -0.2) is 24.6 Å². The summed E-state index contributed by atoms with van der Waals surface area (Å²) in [5, 5.41) is 2.05. The molecule has 26 heavy (non-hydrogen) atoms. The quantitative estimate of drug-likeness (QED) is 0.413. The normalized spacial score (nSPS) is 12.1. The first-order chi connectivity index (χ1) is 12.4. The van der Waals surface area contributed by atoms with Crippen molar-refractivity contribution >= 4 is 43.7 Å². The molecule has 0 aliphatic carbocycles. The van der Waals surface area contributed by atoms with E-state index in [0.717, 1.165) is 28.1 Å². The Hall–Kier alpha value is -2.41. The van der Waals surface area contributed by atoms with Gasteiger partial charge in [-0.1, -0.05) is 60.1 Å². The standard InChI is InChI=1S/C19H15ClN2O3S/c1-26(23,24)25-11-14-16(12-7-3-2-4-8-12)18(20)22-19-17(14)13-9-5-6-10-15(13)21-19/h2-10H,11H2,1H3,(H,21,22). The minimum absolute atomic E-state index is 0.121. The summed E-state index contributed by atoms with van der Waals surface area (Å²) >= 11 is 6.48. The predicted molar refractivity (Wildman–Crippen MR) is 104 cm³/mol. The lowest BCUT2D eigenvalue weighted by molar-refractivity contribution is 0.313. The summed E-state index contributed by atoms with van der Waals surface area (Å²) in [6.07, 6.45) is 1.03. The number of halogens is 1. The minimum atomic E-state index is -3.61. The van der Waals surface area contributed by atoms with Crippen molar-refractivity contribution in [1.29, 1.82) is 0 Å². The molecule has 0 atom stereocenters. The molecule has 0 bridgehead atoms. The number of benzene rings is 2. The Kier molecular flexibility index (Phi) is 4.19. The van der Waals surface area contributed by atoms with Crippen LogP contribution in [0.25, 0.3) is 33.1 Å². The van der Waals surface area contributed by atoms with Gasteiger partial charge in [0.2, 0.25) is 0 Å². The Balaban J connectivity index is 2.08. The number of aromatic amines is 1. The highest BCUT2D eigenvalue weighted by Crippen LogP contribution is 2.38. The summed E-state index contributed by atoms with van der Waals surface area (Å²) in [5.74, 6) is 0. The van der Waals surface area contributed by atoms with Crippen LogP contribution in [0.4, 0.5) is 0 Å². The van der Waals surface area contributed by atoms with Crippen LogP contribution in [0.3, 0.4) is 0 Å². The number of H-pyrrole nitrogens is 1. The van der Waals surface area contributed by atoms with Crippen molar-refractivity contribution in [3.8, 4) is 11.1 Å². The highest BCUT2D eigenvalue weighted by Gasteiger charge is 2.20. The van der Waals surface area contributed by atoms with Crippen LogP contribution in [-0.2, 0) is 20.9 Å². The Labute approximate surface area is 155 Å². The Morgan fingerprint density at radius 1 is 1.08 bits per heavy atom. The SMILES string of the molecule is CS(=O)(=O)OCc1c(-c2ccccc2)c(Cl)nc2[nH]c3ccccc3c12. The van der Waals surface area contributed by atoms with Crippen molar-refractivity contribution in [2.75, 3.05) is 6.26 Å². The lowest BCUT2D eigenvalue weighted by Crippen LogP contribution is -2.05. The van der Waals surface area contributed by atoms with Crippen LogP contribution in [0.1, 0.15) is 5.56 Å². The van der Waals surface area contributed by atoms with Crippen LogP contribution in [0, 0.1) is 0 Å². The van der Waals surface area contributed by atoms with Crippen molar-refractivity contribution in [2.24, 2.45) is 0 Å². The first-order valence-corrected chi connectivity index (χ1v) is 10.1. The number of fused-ring (bicyclic) bond motifs is 3. The molecule has 2 aromatic heterocycles. The van der Waals surface area contributed by atoms with Crippen molar-refractivity contribution in [1.82, 2.24) is 9.97 Å². The van der Waals surface area contributed by atoms with Crippen LogP contribution in [0.2, 0.25) is 5.15 Å². The van der Waals surface area contributed by atoms with E-state index in [4.69, 9.17) is 15.8 Å².